The topological polar surface area (TPSA) is 68.9 Å². The molecular weight excluding hydrogens is 238 g/mol. The molecule has 19 heavy (non-hydrogen) atoms. The standard InChI is InChI=1S/C15H9N3O/c16-10-5-1-3-8-12(10)15(19)9-4-2-6-11-13(9)14(8)18-7-17-11/h1-7H,16H2. The number of anilines is 1. The zero-order chi connectivity index (χ0) is 13.0. The number of aromatic nitrogens is 2. The van der Waals surface area contributed by atoms with Crippen molar-refractivity contribution in [2.24, 2.45) is 0 Å². The first-order chi connectivity index (χ1) is 9.27. The van der Waals surface area contributed by atoms with E-state index in [1.54, 1.807) is 12.1 Å². The van der Waals surface area contributed by atoms with Crippen LogP contribution in [-0.2, 0) is 0 Å². The van der Waals surface area contributed by atoms with Gasteiger partial charge in [0.15, 0.2) is 5.78 Å². The van der Waals surface area contributed by atoms with E-state index in [0.717, 1.165) is 22.2 Å². The quantitative estimate of drug-likeness (QED) is 0.484. The molecule has 4 nitrogen and oxygen atoms in total. The van der Waals surface area contributed by atoms with E-state index in [9.17, 15) is 4.79 Å². The second-order valence-corrected chi connectivity index (χ2v) is 4.52. The van der Waals surface area contributed by atoms with Crippen LogP contribution in [0.4, 0.5) is 5.69 Å². The van der Waals surface area contributed by atoms with Crippen LogP contribution in [0, 0.1) is 0 Å². The maximum absolute atomic E-state index is 12.6. The average molecular weight is 247 g/mol. The second kappa shape index (κ2) is 3.38. The fourth-order valence-corrected chi connectivity index (χ4v) is 2.66. The summed E-state index contributed by atoms with van der Waals surface area (Å²) < 4.78 is 0. The van der Waals surface area contributed by atoms with E-state index in [2.05, 4.69) is 9.97 Å². The number of ketones is 1. The molecule has 0 unspecified atom stereocenters. The van der Waals surface area contributed by atoms with Crippen molar-refractivity contribution in [3.63, 3.8) is 0 Å². The van der Waals surface area contributed by atoms with E-state index in [1.165, 1.54) is 6.33 Å². The lowest BCUT2D eigenvalue weighted by molar-refractivity contribution is 0.104. The summed E-state index contributed by atoms with van der Waals surface area (Å²) in [4.78, 5) is 21.1. The fourth-order valence-electron chi connectivity index (χ4n) is 2.66. The molecule has 0 amide bonds. The summed E-state index contributed by atoms with van der Waals surface area (Å²) in [5.74, 6) is -0.0546. The molecule has 0 atom stereocenters. The van der Waals surface area contributed by atoms with Crippen LogP contribution in [0.1, 0.15) is 15.9 Å². The minimum atomic E-state index is -0.0546. The predicted octanol–water partition coefficient (Wildman–Crippen LogP) is 2.42. The van der Waals surface area contributed by atoms with Gasteiger partial charge in [-0.05, 0) is 12.1 Å². The van der Waals surface area contributed by atoms with Gasteiger partial charge in [0, 0.05) is 22.2 Å². The smallest absolute Gasteiger partial charge is 0.196 e. The highest BCUT2D eigenvalue weighted by molar-refractivity contribution is 6.26. The minimum Gasteiger partial charge on any atom is -0.398 e. The summed E-state index contributed by atoms with van der Waals surface area (Å²) in [6.45, 7) is 0. The predicted molar refractivity (Wildman–Crippen MR) is 72.8 cm³/mol. The average Bonchev–Trinajstić information content (AvgIpc) is 2.44. The van der Waals surface area contributed by atoms with E-state index < -0.39 is 0 Å². The van der Waals surface area contributed by atoms with Crippen LogP contribution in [0.2, 0.25) is 0 Å². The number of carbonyl (C=O) groups excluding carboxylic acids is 1. The van der Waals surface area contributed by atoms with Gasteiger partial charge in [-0.25, -0.2) is 9.97 Å². The molecule has 2 N–H and O–H groups in total. The number of benzene rings is 2. The number of fused-ring (bicyclic) bond motifs is 2. The van der Waals surface area contributed by atoms with Gasteiger partial charge < -0.3 is 5.73 Å². The lowest BCUT2D eigenvalue weighted by atomic mass is 9.86. The molecule has 1 aliphatic rings. The Balaban J connectivity index is 2.28. The van der Waals surface area contributed by atoms with Crippen LogP contribution in [0.15, 0.2) is 42.7 Å². The van der Waals surface area contributed by atoms with Gasteiger partial charge in [0.25, 0.3) is 0 Å². The molecule has 0 bridgehead atoms. The summed E-state index contributed by atoms with van der Waals surface area (Å²) in [5.41, 5.74) is 9.96. The Bertz CT molecular complexity index is 850. The third kappa shape index (κ3) is 1.20. The summed E-state index contributed by atoms with van der Waals surface area (Å²) in [6.07, 6.45) is 1.52. The van der Waals surface area contributed by atoms with Crippen molar-refractivity contribution in [2.75, 3.05) is 5.73 Å². The molecule has 90 valence electrons. The van der Waals surface area contributed by atoms with E-state index in [-0.39, 0.29) is 5.78 Å². The summed E-state index contributed by atoms with van der Waals surface area (Å²) in [7, 11) is 0. The fraction of sp³-hybridized carbons (Fsp3) is 0. The van der Waals surface area contributed by atoms with E-state index >= 15 is 0 Å². The van der Waals surface area contributed by atoms with Crippen molar-refractivity contribution in [2.45, 2.75) is 0 Å². The number of rotatable bonds is 0. The Morgan fingerprint density at radius 1 is 0.947 bits per heavy atom. The molecule has 1 aliphatic carbocycles. The molecule has 3 aromatic rings. The zero-order valence-electron chi connectivity index (χ0n) is 9.92. The number of nitrogens with two attached hydrogens (primary N) is 1. The molecule has 1 heterocycles. The molecule has 0 spiro atoms. The Kier molecular flexibility index (Phi) is 1.82. The van der Waals surface area contributed by atoms with Gasteiger partial charge in [0.1, 0.15) is 6.33 Å². The van der Waals surface area contributed by atoms with Crippen molar-refractivity contribution in [3.8, 4) is 11.3 Å². The second-order valence-electron chi connectivity index (χ2n) is 4.52. The molecule has 0 fully saturated rings. The summed E-state index contributed by atoms with van der Waals surface area (Å²) in [6, 6.07) is 11.0. The van der Waals surface area contributed by atoms with Crippen LogP contribution < -0.4 is 5.73 Å². The van der Waals surface area contributed by atoms with Crippen LogP contribution in [0.3, 0.4) is 0 Å². The van der Waals surface area contributed by atoms with Crippen LogP contribution in [0.5, 0.6) is 0 Å². The maximum atomic E-state index is 12.6. The van der Waals surface area contributed by atoms with Crippen molar-refractivity contribution < 1.29 is 4.79 Å². The van der Waals surface area contributed by atoms with Gasteiger partial charge in [-0.1, -0.05) is 24.3 Å². The molecule has 1 aromatic heterocycles. The van der Waals surface area contributed by atoms with Gasteiger partial charge >= 0.3 is 0 Å². The molecule has 4 heteroatoms. The van der Waals surface area contributed by atoms with Crippen LogP contribution in [0.25, 0.3) is 22.2 Å². The molecule has 0 saturated heterocycles. The molecule has 0 saturated carbocycles. The molecule has 0 aliphatic heterocycles. The molecule has 0 radical (unpaired) electrons. The molecular formula is C15H9N3O. The normalized spacial score (nSPS) is 12.5. The van der Waals surface area contributed by atoms with Crippen molar-refractivity contribution in [1.29, 1.82) is 0 Å². The van der Waals surface area contributed by atoms with Gasteiger partial charge in [0.2, 0.25) is 0 Å². The largest absolute Gasteiger partial charge is 0.398 e. The lowest BCUT2D eigenvalue weighted by Crippen LogP contribution is -2.13. The number of nitrogen functional groups attached to an aromatic ring is 1. The van der Waals surface area contributed by atoms with Gasteiger partial charge in [-0.3, -0.25) is 4.79 Å². The third-order valence-corrected chi connectivity index (χ3v) is 3.49. The van der Waals surface area contributed by atoms with Crippen LogP contribution >= 0.6 is 0 Å². The monoisotopic (exact) mass is 247 g/mol. The summed E-state index contributed by atoms with van der Waals surface area (Å²) >= 11 is 0. The first-order valence-corrected chi connectivity index (χ1v) is 5.94. The zero-order valence-corrected chi connectivity index (χ0v) is 9.92. The van der Waals surface area contributed by atoms with Crippen molar-refractivity contribution in [1.82, 2.24) is 9.97 Å². The first kappa shape index (κ1) is 10.2. The Morgan fingerprint density at radius 2 is 1.74 bits per heavy atom. The SMILES string of the molecule is Nc1cccc2c1C(=O)c1cccc3ncnc-2c13. The van der Waals surface area contributed by atoms with Crippen molar-refractivity contribution in [3.05, 3.63) is 53.9 Å². The van der Waals surface area contributed by atoms with E-state index in [4.69, 9.17) is 5.73 Å². The first-order valence-electron chi connectivity index (χ1n) is 5.94. The highest BCUT2D eigenvalue weighted by Gasteiger charge is 2.27. The van der Waals surface area contributed by atoms with Gasteiger partial charge in [0.05, 0.1) is 16.8 Å². The molecule has 4 rings (SSSR count). The number of carbonyl (C=O) groups is 1. The van der Waals surface area contributed by atoms with E-state index in [0.29, 0.717) is 16.8 Å². The highest BCUT2D eigenvalue weighted by Crippen LogP contribution is 2.39. The Hall–Kier alpha value is -2.75. The van der Waals surface area contributed by atoms with Gasteiger partial charge in [-0.2, -0.15) is 0 Å². The van der Waals surface area contributed by atoms with E-state index in [1.807, 2.05) is 24.3 Å². The van der Waals surface area contributed by atoms with Crippen LogP contribution in [-0.4, -0.2) is 15.8 Å². The lowest BCUT2D eigenvalue weighted by Gasteiger charge is -2.19. The number of hydrogen-bond donors (Lipinski definition) is 1. The maximum Gasteiger partial charge on any atom is 0.196 e. The highest BCUT2D eigenvalue weighted by atomic mass is 16.1. The number of nitrogens with zero attached hydrogens (tertiary/aromatic N) is 2. The third-order valence-electron chi connectivity index (χ3n) is 3.49. The van der Waals surface area contributed by atoms with Gasteiger partial charge in [-0.15, -0.1) is 0 Å². The minimum absolute atomic E-state index is 0.0546. The summed E-state index contributed by atoms with van der Waals surface area (Å²) in [5, 5.41) is 0.813. The number of hydrogen-bond acceptors (Lipinski definition) is 4. The van der Waals surface area contributed by atoms with Crippen molar-refractivity contribution >= 4 is 22.4 Å². The molecule has 2 aromatic carbocycles. The Labute approximate surface area is 108 Å². The Morgan fingerprint density at radius 3 is 2.63 bits per heavy atom.